The molecule has 8 rings (SSSR count). The topological polar surface area (TPSA) is 0 Å². The molecule has 4 aliphatic carbocycles. The maximum absolute atomic E-state index is 2.62. The first kappa shape index (κ1) is 44.2. The van der Waals surface area contributed by atoms with Crippen LogP contribution in [0.1, 0.15) is 116 Å². The smallest absolute Gasteiger partial charge is 0.00969 e. The molecule has 0 amide bonds. The molecule has 0 aromatic heterocycles. The summed E-state index contributed by atoms with van der Waals surface area (Å²) in [7, 11) is 0. The predicted octanol–water partition coefficient (Wildman–Crippen LogP) is 7.69. The van der Waals surface area contributed by atoms with E-state index in [9.17, 15) is 0 Å². The first-order chi connectivity index (χ1) is 24.7. The van der Waals surface area contributed by atoms with Crippen LogP contribution >= 0.6 is 0 Å². The summed E-state index contributed by atoms with van der Waals surface area (Å²) in [5, 5.41) is 0. The number of hydrogen-bond acceptors (Lipinski definition) is 0. The summed E-state index contributed by atoms with van der Waals surface area (Å²) in [6.07, 6.45) is 8.50. The van der Waals surface area contributed by atoms with E-state index in [1.165, 1.54) is 35.1 Å². The van der Waals surface area contributed by atoms with E-state index in [-0.39, 0.29) is 46.5 Å². The zero-order valence-corrected chi connectivity index (χ0v) is 38.2. The third-order valence-electron chi connectivity index (χ3n) is 14.9. The molecule has 284 valence electrons. The van der Waals surface area contributed by atoms with Gasteiger partial charge >= 0.3 is 125 Å². The first-order valence-corrected chi connectivity index (χ1v) is 20.8. The van der Waals surface area contributed by atoms with Crippen molar-refractivity contribution in [3.05, 3.63) is 172 Å². The van der Waals surface area contributed by atoms with Crippen LogP contribution < -0.4 is 24.8 Å². The fourth-order valence-electron chi connectivity index (χ4n) is 10.1. The van der Waals surface area contributed by atoms with E-state index < -0.39 is 0 Å². The standard InChI is InChI=1S/C29H37.C17H18.C5H5.2ClH.Zr/c1-18-25-22-17-19-13-9-10-14-20(19)24(22)21-15-11-12-16-23(21)29(25,8)28(6,7)27(4,5)26(18,2)3;1-14(16-9-5-3-6-10-16)13-15(2)17-11-7-4-8-12-17;1-2-4-5-3-1;;;/h9-11,13-15,23H,12,16-17H2,1-8H3;3-12,14-15H,1-2H3;1-5H;2*1H;/q-1;;-1;;;+2/p-2. The molecule has 4 aliphatic rings. The van der Waals surface area contributed by atoms with Crippen molar-refractivity contribution in [2.24, 2.45) is 27.6 Å². The number of halogens is 2. The Kier molecular flexibility index (Phi) is 14.1. The first-order valence-electron chi connectivity index (χ1n) is 19.6. The zero-order chi connectivity index (χ0) is 37.5. The molecule has 0 N–H and O–H groups in total. The van der Waals surface area contributed by atoms with Crippen molar-refractivity contribution in [1.29, 1.82) is 0 Å². The summed E-state index contributed by atoms with van der Waals surface area (Å²) in [6, 6.07) is 40.8. The molecular formula is C51H60Cl2Zr-2. The SMILES string of the molecule is CC([C](=[Zr+2])C(C)c1ccccc1)c1ccccc1.C[C-]1C2=C3Cc4ccccc4C3=C3C=CCCC3C2(C)C(C)(C)C(C)(C)C1(C)C.[Cl-].[Cl-].c1cc[cH-]c1. The maximum atomic E-state index is 2.62. The molecule has 1 fully saturated rings. The summed E-state index contributed by atoms with van der Waals surface area (Å²) >= 11 is 1.54. The largest absolute Gasteiger partial charge is 1.00 e. The Morgan fingerprint density at radius 1 is 0.722 bits per heavy atom. The molecule has 4 aromatic rings. The third kappa shape index (κ3) is 7.37. The summed E-state index contributed by atoms with van der Waals surface area (Å²) in [5.74, 6) is 3.32. The van der Waals surface area contributed by atoms with Crippen molar-refractivity contribution in [3.63, 3.8) is 0 Å². The van der Waals surface area contributed by atoms with Gasteiger partial charge in [-0.25, -0.2) is 18.1 Å². The van der Waals surface area contributed by atoms with Gasteiger partial charge < -0.3 is 24.8 Å². The van der Waals surface area contributed by atoms with Gasteiger partial charge in [-0.15, -0.1) is 6.92 Å². The van der Waals surface area contributed by atoms with Crippen molar-refractivity contribution >= 4 is 8.78 Å². The van der Waals surface area contributed by atoms with Crippen LogP contribution in [0, 0.1) is 33.5 Å². The summed E-state index contributed by atoms with van der Waals surface area (Å²) in [4.78, 5) is 0. The van der Waals surface area contributed by atoms with Crippen molar-refractivity contribution in [2.75, 3.05) is 0 Å². The summed E-state index contributed by atoms with van der Waals surface area (Å²) < 4.78 is 1.61. The number of hydrogen-bond donors (Lipinski definition) is 0. The van der Waals surface area contributed by atoms with Gasteiger partial charge in [0.25, 0.3) is 0 Å². The number of rotatable bonds is 4. The van der Waals surface area contributed by atoms with Gasteiger partial charge in [0.05, 0.1) is 0 Å². The summed E-state index contributed by atoms with van der Waals surface area (Å²) in [5.41, 5.74) is 13.1. The van der Waals surface area contributed by atoms with Gasteiger partial charge in [-0.2, -0.15) is 29.3 Å². The Hall–Kier alpha value is -2.57. The van der Waals surface area contributed by atoms with E-state index in [1.54, 1.807) is 55.7 Å². The molecule has 4 atom stereocenters. The average molecular weight is 835 g/mol. The van der Waals surface area contributed by atoms with E-state index in [1.807, 2.05) is 30.3 Å². The minimum atomic E-state index is 0. The second-order valence-electron chi connectivity index (χ2n) is 17.4. The average Bonchev–Trinajstić information content (AvgIpc) is 3.87. The minimum absolute atomic E-state index is 0. The van der Waals surface area contributed by atoms with Crippen LogP contribution in [-0.4, -0.2) is 3.21 Å². The third-order valence-corrected chi connectivity index (χ3v) is 17.0. The fourth-order valence-corrected chi connectivity index (χ4v) is 10.9. The molecule has 3 heteroatoms. The Morgan fingerprint density at radius 3 is 1.76 bits per heavy atom. The Balaban J connectivity index is 0.000000222. The van der Waals surface area contributed by atoms with Gasteiger partial charge in [0.15, 0.2) is 0 Å². The van der Waals surface area contributed by atoms with Crippen LogP contribution in [-0.2, 0) is 30.7 Å². The molecule has 0 spiro atoms. The molecular weight excluding hydrogens is 775 g/mol. The zero-order valence-electron chi connectivity index (χ0n) is 34.2. The molecule has 0 saturated heterocycles. The normalized spacial score (nSPS) is 23.3. The van der Waals surface area contributed by atoms with Crippen LogP contribution in [0.5, 0.6) is 0 Å². The van der Waals surface area contributed by atoms with E-state index in [0.717, 1.165) is 6.42 Å². The Labute approximate surface area is 355 Å². The fraction of sp³-hybridized carbons (Fsp3) is 0.392. The summed E-state index contributed by atoms with van der Waals surface area (Å²) in [6.45, 7) is 24.9. The van der Waals surface area contributed by atoms with Crippen molar-refractivity contribution in [2.45, 2.75) is 100 Å². The van der Waals surface area contributed by atoms with Gasteiger partial charge in [0.1, 0.15) is 0 Å². The van der Waals surface area contributed by atoms with Crippen LogP contribution in [0.25, 0.3) is 5.57 Å². The molecule has 0 radical (unpaired) electrons. The molecule has 4 aromatic carbocycles. The predicted molar refractivity (Wildman–Crippen MR) is 221 cm³/mol. The molecule has 4 unspecified atom stereocenters. The van der Waals surface area contributed by atoms with Crippen molar-refractivity contribution in [3.8, 4) is 0 Å². The number of fused-ring (bicyclic) bond motifs is 6. The van der Waals surface area contributed by atoms with Crippen molar-refractivity contribution < 1.29 is 49.0 Å². The Bertz CT molecular complexity index is 1890. The second-order valence-corrected chi connectivity index (χ2v) is 18.9. The van der Waals surface area contributed by atoms with Gasteiger partial charge in [-0.1, -0.05) is 113 Å². The Morgan fingerprint density at radius 2 is 1.24 bits per heavy atom. The number of allylic oxidation sites excluding steroid dienone is 6. The van der Waals surface area contributed by atoms with Crippen LogP contribution in [0.15, 0.2) is 144 Å². The van der Waals surface area contributed by atoms with E-state index in [2.05, 4.69) is 166 Å². The number of benzene rings is 3. The molecule has 0 aliphatic heterocycles. The molecule has 0 bridgehead atoms. The van der Waals surface area contributed by atoms with Gasteiger partial charge in [-0.3, -0.25) is 0 Å². The van der Waals surface area contributed by atoms with Crippen molar-refractivity contribution in [1.82, 2.24) is 0 Å². The van der Waals surface area contributed by atoms with Gasteiger partial charge in [0.2, 0.25) is 0 Å². The quantitative estimate of drug-likeness (QED) is 0.185. The molecule has 0 nitrogen and oxygen atoms in total. The van der Waals surface area contributed by atoms with Crippen LogP contribution in [0.3, 0.4) is 0 Å². The van der Waals surface area contributed by atoms with E-state index in [0.29, 0.717) is 17.8 Å². The minimum Gasteiger partial charge on any atom is -1.00 e. The van der Waals surface area contributed by atoms with Gasteiger partial charge in [0, 0.05) is 0 Å². The van der Waals surface area contributed by atoms with E-state index >= 15 is 0 Å². The van der Waals surface area contributed by atoms with Crippen LogP contribution in [0.2, 0.25) is 0 Å². The van der Waals surface area contributed by atoms with Crippen LogP contribution in [0.4, 0.5) is 0 Å². The molecule has 1 saturated carbocycles. The second kappa shape index (κ2) is 17.3. The monoisotopic (exact) mass is 832 g/mol. The molecule has 54 heavy (non-hydrogen) atoms. The van der Waals surface area contributed by atoms with Gasteiger partial charge in [-0.05, 0) is 40.6 Å². The molecule has 0 heterocycles. The maximum Gasteiger partial charge on any atom is -0.00969 e. The van der Waals surface area contributed by atoms with E-state index in [4.69, 9.17) is 0 Å².